The zero-order valence-electron chi connectivity index (χ0n) is 28.9. The molecule has 13 heteroatoms. The number of benzene rings is 1. The number of hydrogen-bond acceptors (Lipinski definition) is 12. The third-order valence-electron chi connectivity index (χ3n) is 10.6. The molecule has 3 saturated heterocycles. The summed E-state index contributed by atoms with van der Waals surface area (Å²) in [5.41, 5.74) is 2.44. The maximum atomic E-state index is 13.2. The molecule has 4 atom stereocenters. The molecule has 264 valence electrons. The number of ether oxygens (including phenoxy) is 1. The van der Waals surface area contributed by atoms with Gasteiger partial charge in [-0.15, -0.1) is 10.2 Å². The molecule has 6 heterocycles. The fourth-order valence-corrected chi connectivity index (χ4v) is 8.01. The van der Waals surface area contributed by atoms with Crippen LogP contribution in [0.1, 0.15) is 51.7 Å². The molecule has 0 spiro atoms. The van der Waals surface area contributed by atoms with Crippen LogP contribution in [0.15, 0.2) is 40.9 Å². The highest BCUT2D eigenvalue weighted by Gasteiger charge is 2.36. The lowest BCUT2D eigenvalue weighted by atomic mass is 9.92. The van der Waals surface area contributed by atoms with Gasteiger partial charge in [-0.25, -0.2) is 0 Å². The van der Waals surface area contributed by atoms with Crippen molar-refractivity contribution in [2.75, 3.05) is 75.7 Å². The summed E-state index contributed by atoms with van der Waals surface area (Å²) in [5.74, 6) is 2.18. The summed E-state index contributed by atoms with van der Waals surface area (Å²) >= 11 is 0. The van der Waals surface area contributed by atoms with E-state index in [1.807, 2.05) is 32.0 Å². The highest BCUT2D eigenvalue weighted by atomic mass is 16.5. The van der Waals surface area contributed by atoms with Crippen LogP contribution in [0.4, 0.5) is 11.5 Å². The Morgan fingerprint density at radius 3 is 2.59 bits per heavy atom. The number of piperidine rings is 1. The lowest BCUT2D eigenvalue weighted by molar-refractivity contribution is -0.133. The minimum Gasteiger partial charge on any atom is -0.507 e. The number of aliphatic hydroxyl groups is 1. The van der Waals surface area contributed by atoms with Crippen LogP contribution in [0.2, 0.25) is 0 Å². The van der Waals surface area contributed by atoms with Crippen LogP contribution in [-0.4, -0.2) is 130 Å². The Hall–Kier alpha value is -3.94. The van der Waals surface area contributed by atoms with Crippen molar-refractivity contribution in [2.24, 2.45) is 11.8 Å². The van der Waals surface area contributed by atoms with Crippen LogP contribution in [0, 0.1) is 11.8 Å². The van der Waals surface area contributed by atoms with E-state index in [0.29, 0.717) is 54.4 Å². The van der Waals surface area contributed by atoms with Gasteiger partial charge in [-0.2, -0.15) is 0 Å². The van der Waals surface area contributed by atoms with E-state index in [1.165, 1.54) is 0 Å². The van der Waals surface area contributed by atoms with Gasteiger partial charge in [-0.05, 0) is 74.5 Å². The van der Waals surface area contributed by atoms with Crippen molar-refractivity contribution in [3.63, 3.8) is 0 Å². The van der Waals surface area contributed by atoms with Gasteiger partial charge in [0.05, 0.1) is 23.5 Å². The predicted octanol–water partition coefficient (Wildman–Crippen LogP) is 3.27. The number of amides is 1. The van der Waals surface area contributed by atoms with Crippen molar-refractivity contribution in [1.29, 1.82) is 0 Å². The number of hydrogen-bond donors (Lipinski definition) is 3. The van der Waals surface area contributed by atoms with Gasteiger partial charge in [0, 0.05) is 64.0 Å². The Morgan fingerprint density at radius 1 is 1.02 bits per heavy atom. The van der Waals surface area contributed by atoms with Gasteiger partial charge < -0.3 is 34.6 Å². The zero-order chi connectivity index (χ0) is 34.1. The van der Waals surface area contributed by atoms with Gasteiger partial charge in [-0.1, -0.05) is 26.0 Å². The van der Waals surface area contributed by atoms with E-state index in [0.717, 1.165) is 76.7 Å². The maximum absolute atomic E-state index is 13.2. The fraction of sp³-hybridized carbons (Fsp3) is 0.611. The van der Waals surface area contributed by atoms with Crippen LogP contribution in [0.25, 0.3) is 11.3 Å². The van der Waals surface area contributed by atoms with Crippen molar-refractivity contribution in [1.82, 2.24) is 30.1 Å². The van der Waals surface area contributed by atoms with E-state index >= 15 is 0 Å². The van der Waals surface area contributed by atoms with Crippen molar-refractivity contribution in [3.05, 3.63) is 42.2 Å². The number of piperazine rings is 1. The first-order chi connectivity index (χ1) is 23.7. The van der Waals surface area contributed by atoms with E-state index in [1.54, 1.807) is 17.0 Å². The number of phenolic OH excluding ortho intramolecular Hbond substituents is 1. The third-order valence-corrected chi connectivity index (χ3v) is 10.6. The Bertz CT molecular complexity index is 1590. The number of aromatic hydroxyl groups is 1. The third kappa shape index (κ3) is 7.48. The number of β-amino-alcohol motifs (C(OH)–C–C–N with tert-alkyl or cyclic N) is 1. The normalized spacial score (nSPS) is 23.2. The Kier molecular flexibility index (Phi) is 9.93. The van der Waals surface area contributed by atoms with Gasteiger partial charge in [0.25, 0.3) is 5.88 Å². The highest BCUT2D eigenvalue weighted by Crippen LogP contribution is 2.36. The molecule has 0 radical (unpaired) electrons. The van der Waals surface area contributed by atoms with Crippen LogP contribution in [0.5, 0.6) is 11.6 Å². The number of phenols is 1. The molecule has 3 N–H and O–H groups in total. The van der Waals surface area contributed by atoms with Crippen molar-refractivity contribution in [3.8, 4) is 22.9 Å². The quantitative estimate of drug-likeness (QED) is 0.291. The lowest BCUT2D eigenvalue weighted by Gasteiger charge is -2.47. The molecule has 4 aliphatic rings. The largest absolute Gasteiger partial charge is 0.507 e. The number of rotatable bonds is 10. The summed E-state index contributed by atoms with van der Waals surface area (Å²) in [5, 5.41) is 36.7. The topological polar surface area (TPSA) is 144 Å². The minimum atomic E-state index is -0.455. The minimum absolute atomic E-state index is 0.0260. The predicted molar refractivity (Wildman–Crippen MR) is 186 cm³/mol. The molecule has 0 saturated carbocycles. The number of para-hydroxylation sites is 1. The Morgan fingerprint density at radius 2 is 1.84 bits per heavy atom. The van der Waals surface area contributed by atoms with Gasteiger partial charge in [0.1, 0.15) is 17.8 Å². The summed E-state index contributed by atoms with van der Waals surface area (Å²) in [6.07, 6.45) is 2.42. The second-order valence-corrected chi connectivity index (χ2v) is 14.7. The first-order valence-corrected chi connectivity index (χ1v) is 17.9. The van der Waals surface area contributed by atoms with Gasteiger partial charge >= 0.3 is 0 Å². The second kappa shape index (κ2) is 14.5. The van der Waals surface area contributed by atoms with Gasteiger partial charge in [0.2, 0.25) is 5.91 Å². The average molecular weight is 675 g/mol. The van der Waals surface area contributed by atoms with Crippen LogP contribution < -0.4 is 15.0 Å². The second-order valence-electron chi connectivity index (χ2n) is 14.7. The maximum Gasteiger partial charge on any atom is 0.254 e. The summed E-state index contributed by atoms with van der Waals surface area (Å²) in [6, 6.07) is 11.5. The number of anilines is 2. The van der Waals surface area contributed by atoms with E-state index in [4.69, 9.17) is 9.26 Å². The van der Waals surface area contributed by atoms with Gasteiger partial charge in [0.15, 0.2) is 11.6 Å². The number of aromatic nitrogens is 3. The number of aliphatic hydroxyl groups excluding tert-OH is 1. The molecular formula is C36H50N8O5. The first kappa shape index (κ1) is 33.6. The average Bonchev–Trinajstić information content (AvgIpc) is 3.74. The van der Waals surface area contributed by atoms with Crippen molar-refractivity contribution in [2.45, 2.75) is 64.2 Å². The Balaban J connectivity index is 0.866. The summed E-state index contributed by atoms with van der Waals surface area (Å²) in [6.45, 7) is 14.8. The monoisotopic (exact) mass is 674 g/mol. The fourth-order valence-electron chi connectivity index (χ4n) is 8.01. The zero-order valence-corrected chi connectivity index (χ0v) is 28.9. The van der Waals surface area contributed by atoms with E-state index < -0.39 is 12.0 Å². The molecule has 0 unspecified atom stereocenters. The molecule has 1 aromatic carbocycles. The van der Waals surface area contributed by atoms with Crippen molar-refractivity contribution < 1.29 is 24.3 Å². The number of fused-ring (bicyclic) bond motifs is 3. The molecule has 0 bridgehead atoms. The first-order valence-electron chi connectivity index (χ1n) is 17.9. The van der Waals surface area contributed by atoms with E-state index in [2.05, 4.69) is 48.4 Å². The Labute approximate surface area is 288 Å². The van der Waals surface area contributed by atoms with Crippen molar-refractivity contribution >= 4 is 17.4 Å². The molecule has 0 aliphatic carbocycles. The van der Waals surface area contributed by atoms with E-state index in [9.17, 15) is 15.0 Å². The number of nitrogens with one attached hydrogen (secondary N) is 1. The van der Waals surface area contributed by atoms with Gasteiger partial charge in [-0.3, -0.25) is 14.6 Å². The number of carbonyl (C=O) groups excluding carboxylic acids is 1. The molecule has 13 nitrogen and oxygen atoms in total. The molecule has 7 rings (SSSR count). The molecule has 2 aromatic heterocycles. The molecule has 1 amide bonds. The standard InChI is InChI=1S/C36H50N8O5/c1-23(2)34(36(47)43-13-10-27(45)22-43)32-17-33(40-49-32)48-24(3)19-41-11-8-25(9-12-41)20-42-14-15-44-26(21-42)18-37-35-30(44)16-29(38-39-35)28-6-4-5-7-31(28)46/h4-7,16-17,23-27,34,45-46H,8-15,18-22H2,1-3H3,(H,37,39)/t24-,26-,27+,34+/m0/s1. The number of nitrogens with zero attached hydrogens (tertiary/aromatic N) is 7. The summed E-state index contributed by atoms with van der Waals surface area (Å²) in [4.78, 5) is 22.5. The number of carbonyl (C=O) groups is 1. The van der Waals surface area contributed by atoms with E-state index in [-0.39, 0.29) is 23.7 Å². The van der Waals surface area contributed by atoms with Crippen LogP contribution in [0.3, 0.4) is 0 Å². The lowest BCUT2D eigenvalue weighted by Crippen LogP contribution is -2.58. The highest BCUT2D eigenvalue weighted by molar-refractivity contribution is 5.83. The summed E-state index contributed by atoms with van der Waals surface area (Å²) < 4.78 is 11.8. The number of likely N-dealkylation sites (tertiary alicyclic amines) is 2. The molecule has 49 heavy (non-hydrogen) atoms. The summed E-state index contributed by atoms with van der Waals surface area (Å²) in [7, 11) is 0. The molecular weight excluding hydrogens is 624 g/mol. The van der Waals surface area contributed by atoms with Crippen LogP contribution in [-0.2, 0) is 4.79 Å². The molecule has 4 aliphatic heterocycles. The molecule has 3 fully saturated rings. The SMILES string of the molecule is CC(C)[C@@H](C(=O)N1CC[C@@H](O)C1)c1cc(O[C@@H](C)CN2CCC(CN3CCN4c5cc(-c6ccccc6O)nnc5NC[C@H]4C3)CC2)no1. The molecule has 3 aromatic rings. The smallest absolute Gasteiger partial charge is 0.254 e. The van der Waals surface area contributed by atoms with Crippen LogP contribution >= 0.6 is 0 Å².